The monoisotopic (exact) mass is 471 g/mol. The van der Waals surface area contributed by atoms with Gasteiger partial charge in [-0.05, 0) is 17.9 Å². The normalized spacial score (nSPS) is 11.0. The fourth-order valence-corrected chi connectivity index (χ4v) is 2.55. The zero-order valence-corrected chi connectivity index (χ0v) is 19.6. The molecule has 1 aromatic carbocycles. The quantitative estimate of drug-likeness (QED) is 0.325. The molecule has 0 aliphatic carbocycles. The lowest BCUT2D eigenvalue weighted by Gasteiger charge is -2.17. The van der Waals surface area contributed by atoms with Gasteiger partial charge in [0.15, 0.2) is 0 Å². The summed E-state index contributed by atoms with van der Waals surface area (Å²) in [4.78, 5) is 48.5. The third kappa shape index (κ3) is 12.8. The third-order valence-electron chi connectivity index (χ3n) is 4.15. The number of ether oxygens (including phenoxy) is 1. The lowest BCUT2D eigenvalue weighted by molar-refractivity contribution is -0.127. The minimum absolute atomic E-state index is 0. The summed E-state index contributed by atoms with van der Waals surface area (Å²) >= 11 is 0. The first-order chi connectivity index (χ1) is 14.7. The van der Waals surface area contributed by atoms with E-state index >= 15 is 0 Å². The van der Waals surface area contributed by atoms with Crippen molar-refractivity contribution in [3.63, 3.8) is 0 Å². The van der Waals surface area contributed by atoms with Crippen LogP contribution in [0.1, 0.15) is 25.8 Å². The average Bonchev–Trinajstić information content (AvgIpc) is 2.73. The van der Waals surface area contributed by atoms with Crippen molar-refractivity contribution in [3.8, 4) is 0 Å². The molecular formula is C21H34ClN5O5. The summed E-state index contributed by atoms with van der Waals surface area (Å²) in [7, 11) is 1.46. The van der Waals surface area contributed by atoms with Crippen LogP contribution in [-0.2, 0) is 25.7 Å². The van der Waals surface area contributed by atoms with Crippen LogP contribution in [-0.4, -0.2) is 68.0 Å². The van der Waals surface area contributed by atoms with Crippen molar-refractivity contribution in [2.24, 2.45) is 11.7 Å². The zero-order valence-electron chi connectivity index (χ0n) is 18.8. The van der Waals surface area contributed by atoms with Crippen LogP contribution in [0.25, 0.3) is 0 Å². The molecular weight excluding hydrogens is 438 g/mol. The van der Waals surface area contributed by atoms with Crippen LogP contribution in [0.5, 0.6) is 0 Å². The SMILES string of the molecule is CC(C)C[C@H](N)C(=O)NCC(=O)NCCNC(=O)CN(C)C(=O)OCc1ccccc1.Cl. The number of hydrogen-bond donors (Lipinski definition) is 4. The van der Waals surface area contributed by atoms with Gasteiger partial charge in [-0.3, -0.25) is 14.4 Å². The zero-order chi connectivity index (χ0) is 23.2. The Morgan fingerprint density at radius 2 is 1.59 bits per heavy atom. The molecule has 1 atom stereocenters. The minimum Gasteiger partial charge on any atom is -0.445 e. The molecule has 0 fully saturated rings. The predicted octanol–water partition coefficient (Wildman–Crippen LogP) is 0.399. The highest BCUT2D eigenvalue weighted by Gasteiger charge is 2.16. The molecule has 32 heavy (non-hydrogen) atoms. The van der Waals surface area contributed by atoms with E-state index in [0.29, 0.717) is 6.42 Å². The van der Waals surface area contributed by atoms with E-state index in [1.54, 1.807) is 0 Å². The molecule has 0 saturated heterocycles. The summed E-state index contributed by atoms with van der Waals surface area (Å²) < 4.78 is 5.14. The average molecular weight is 472 g/mol. The number of benzene rings is 1. The van der Waals surface area contributed by atoms with E-state index in [2.05, 4.69) is 16.0 Å². The van der Waals surface area contributed by atoms with Gasteiger partial charge in [-0.15, -0.1) is 12.4 Å². The van der Waals surface area contributed by atoms with Gasteiger partial charge in [0.25, 0.3) is 0 Å². The summed E-state index contributed by atoms with van der Waals surface area (Å²) in [5.74, 6) is -0.871. The maximum atomic E-state index is 11.9. The van der Waals surface area contributed by atoms with Gasteiger partial charge in [0.05, 0.1) is 12.6 Å². The van der Waals surface area contributed by atoms with E-state index in [-0.39, 0.29) is 68.8 Å². The molecule has 0 aliphatic heterocycles. The Morgan fingerprint density at radius 1 is 1.00 bits per heavy atom. The molecule has 4 amide bonds. The Bertz CT molecular complexity index is 733. The summed E-state index contributed by atoms with van der Waals surface area (Å²) in [6, 6.07) is 8.57. The molecule has 5 N–H and O–H groups in total. The highest BCUT2D eigenvalue weighted by atomic mass is 35.5. The van der Waals surface area contributed by atoms with Gasteiger partial charge in [0, 0.05) is 20.1 Å². The van der Waals surface area contributed by atoms with Gasteiger partial charge in [0.2, 0.25) is 17.7 Å². The van der Waals surface area contributed by atoms with Gasteiger partial charge < -0.3 is 31.3 Å². The number of nitrogens with two attached hydrogens (primary N) is 1. The molecule has 0 radical (unpaired) electrons. The van der Waals surface area contributed by atoms with Crippen LogP contribution in [0.15, 0.2) is 30.3 Å². The second-order valence-electron chi connectivity index (χ2n) is 7.55. The maximum Gasteiger partial charge on any atom is 0.410 e. The van der Waals surface area contributed by atoms with Crippen LogP contribution in [0.3, 0.4) is 0 Å². The highest BCUT2D eigenvalue weighted by molar-refractivity contribution is 5.87. The van der Waals surface area contributed by atoms with Gasteiger partial charge >= 0.3 is 6.09 Å². The fourth-order valence-electron chi connectivity index (χ4n) is 2.55. The van der Waals surface area contributed by atoms with Crippen molar-refractivity contribution in [3.05, 3.63) is 35.9 Å². The van der Waals surface area contributed by atoms with E-state index in [1.807, 2.05) is 44.2 Å². The van der Waals surface area contributed by atoms with Crippen LogP contribution >= 0.6 is 12.4 Å². The minimum atomic E-state index is -0.650. The third-order valence-corrected chi connectivity index (χ3v) is 4.15. The fraction of sp³-hybridized carbons (Fsp3) is 0.524. The number of nitrogens with zero attached hydrogens (tertiary/aromatic N) is 1. The molecule has 0 aromatic heterocycles. The molecule has 1 aromatic rings. The Hall–Kier alpha value is -2.85. The van der Waals surface area contributed by atoms with Crippen molar-refractivity contribution in [1.82, 2.24) is 20.9 Å². The number of carbonyl (C=O) groups is 4. The van der Waals surface area contributed by atoms with Crippen molar-refractivity contribution < 1.29 is 23.9 Å². The predicted molar refractivity (Wildman–Crippen MR) is 123 cm³/mol. The van der Waals surface area contributed by atoms with Crippen molar-refractivity contribution in [2.45, 2.75) is 32.9 Å². The molecule has 0 aliphatic rings. The second-order valence-corrected chi connectivity index (χ2v) is 7.55. The Balaban J connectivity index is 0.00000961. The van der Waals surface area contributed by atoms with Crippen LogP contribution < -0.4 is 21.7 Å². The van der Waals surface area contributed by atoms with Gasteiger partial charge in [0.1, 0.15) is 13.2 Å². The summed E-state index contributed by atoms with van der Waals surface area (Å²) in [5.41, 5.74) is 6.59. The first-order valence-electron chi connectivity index (χ1n) is 10.2. The smallest absolute Gasteiger partial charge is 0.410 e. The van der Waals surface area contributed by atoms with E-state index in [0.717, 1.165) is 10.5 Å². The van der Waals surface area contributed by atoms with Crippen LogP contribution in [0.2, 0.25) is 0 Å². The summed E-state index contributed by atoms with van der Waals surface area (Å²) in [6.45, 7) is 4.04. The number of amides is 4. The van der Waals surface area contributed by atoms with Crippen LogP contribution in [0, 0.1) is 5.92 Å². The van der Waals surface area contributed by atoms with Gasteiger partial charge in [-0.1, -0.05) is 44.2 Å². The molecule has 0 unspecified atom stereocenters. The molecule has 0 bridgehead atoms. The number of likely N-dealkylation sites (N-methyl/N-ethyl adjacent to an activating group) is 1. The number of rotatable bonds is 12. The van der Waals surface area contributed by atoms with Crippen molar-refractivity contribution in [1.29, 1.82) is 0 Å². The number of hydrogen-bond acceptors (Lipinski definition) is 6. The second kappa shape index (κ2) is 15.9. The summed E-state index contributed by atoms with van der Waals surface area (Å²) in [5, 5.41) is 7.64. The Morgan fingerprint density at radius 3 is 2.19 bits per heavy atom. The molecule has 1 rings (SSSR count). The van der Waals surface area contributed by atoms with Crippen molar-refractivity contribution >= 4 is 36.2 Å². The molecule has 180 valence electrons. The largest absolute Gasteiger partial charge is 0.445 e. The summed E-state index contributed by atoms with van der Waals surface area (Å²) in [6.07, 6.45) is -0.0768. The number of nitrogens with one attached hydrogen (secondary N) is 3. The standard InChI is InChI=1S/C21H33N5O5.ClH/c1-15(2)11-17(22)20(29)25-12-18(27)23-9-10-24-19(28)13-26(3)21(30)31-14-16-7-5-4-6-8-16;/h4-8,15,17H,9-14,22H2,1-3H3,(H,23,27)(H,24,28)(H,25,29);1H/t17-;/m0./s1. The first kappa shape index (κ1) is 29.1. The maximum absolute atomic E-state index is 11.9. The lowest BCUT2D eigenvalue weighted by atomic mass is 10.0. The van der Waals surface area contributed by atoms with E-state index in [9.17, 15) is 19.2 Å². The number of halogens is 1. The van der Waals surface area contributed by atoms with E-state index in [1.165, 1.54) is 7.05 Å². The first-order valence-corrected chi connectivity index (χ1v) is 10.2. The van der Waals surface area contributed by atoms with E-state index < -0.39 is 12.1 Å². The Kier molecular flexibility index (Phi) is 14.5. The van der Waals surface area contributed by atoms with Crippen LogP contribution in [0.4, 0.5) is 4.79 Å². The molecule has 11 heteroatoms. The van der Waals surface area contributed by atoms with Crippen molar-refractivity contribution in [2.75, 3.05) is 33.2 Å². The molecule has 0 heterocycles. The number of carbonyl (C=O) groups excluding carboxylic acids is 4. The van der Waals surface area contributed by atoms with E-state index in [4.69, 9.17) is 10.5 Å². The van der Waals surface area contributed by atoms with Gasteiger partial charge in [-0.2, -0.15) is 0 Å². The lowest BCUT2D eigenvalue weighted by Crippen LogP contribution is -2.46. The molecule has 10 nitrogen and oxygen atoms in total. The van der Waals surface area contributed by atoms with Gasteiger partial charge in [-0.25, -0.2) is 4.79 Å². The molecule has 0 spiro atoms. The molecule has 0 saturated carbocycles. The highest BCUT2D eigenvalue weighted by Crippen LogP contribution is 2.03. The Labute approximate surface area is 195 Å². The topological polar surface area (TPSA) is 143 Å².